The summed E-state index contributed by atoms with van der Waals surface area (Å²) in [6.45, 7) is 3.44. The van der Waals surface area contributed by atoms with Gasteiger partial charge in [-0.3, -0.25) is 0 Å². The van der Waals surface area contributed by atoms with Crippen molar-refractivity contribution in [2.45, 2.75) is 20.0 Å². The topological polar surface area (TPSA) is 71.4 Å². The second kappa shape index (κ2) is 6.89. The van der Waals surface area contributed by atoms with Crippen molar-refractivity contribution in [2.75, 3.05) is 0 Å². The third kappa shape index (κ3) is 12200. The molecule has 0 aromatic carbocycles. The molecule has 50 valence electrons. The third-order valence-electron chi connectivity index (χ3n) is 0. The number of hydrogen-bond donors (Lipinski definition) is 1. The zero-order valence-corrected chi connectivity index (χ0v) is 5.93. The van der Waals surface area contributed by atoms with Crippen LogP contribution in [0.3, 0.4) is 0 Å². The summed E-state index contributed by atoms with van der Waals surface area (Å²) < 4.78 is 25.6. The maximum absolute atomic E-state index is 8.54. The van der Waals surface area contributed by atoms with Crippen LogP contribution in [0.1, 0.15) is 13.8 Å². The first-order chi connectivity index (χ1) is 3.46. The van der Waals surface area contributed by atoms with E-state index >= 15 is 0 Å². The molecule has 0 rings (SSSR count). The summed E-state index contributed by atoms with van der Waals surface area (Å²) in [7, 11) is 0. The molecule has 0 atom stereocenters. The minimum atomic E-state index is -3.79. The number of aliphatic hydroxyl groups is 1. The van der Waals surface area contributed by atoms with Crippen LogP contribution in [0.15, 0.2) is 0 Å². The quantitative estimate of drug-likeness (QED) is 0.542. The first-order valence-electron chi connectivity index (χ1n) is 1.91. The average Bonchev–Trinajstić information content (AvgIpc) is 1.25. The summed E-state index contributed by atoms with van der Waals surface area (Å²) in [5.41, 5.74) is 0. The van der Waals surface area contributed by atoms with E-state index in [1.54, 1.807) is 13.8 Å². The van der Waals surface area contributed by atoms with Gasteiger partial charge in [0.1, 0.15) is 0 Å². The van der Waals surface area contributed by atoms with Crippen molar-refractivity contribution >= 4 is 0 Å². The molecule has 5 heteroatoms. The molecule has 0 aromatic heterocycles. The summed E-state index contributed by atoms with van der Waals surface area (Å²) >= 11 is -3.79. The Hall–Kier alpha value is -0.108. The Bertz CT molecular complexity index is 109. The van der Waals surface area contributed by atoms with Gasteiger partial charge in [-0.25, -0.2) is 0 Å². The first kappa shape index (κ1) is 10.8. The molecule has 0 aliphatic rings. The molecule has 0 heterocycles. The van der Waals surface area contributed by atoms with Crippen molar-refractivity contribution in [3.8, 4) is 0 Å². The fourth-order valence-corrected chi connectivity index (χ4v) is 0. The van der Waals surface area contributed by atoms with Crippen molar-refractivity contribution in [1.29, 1.82) is 0 Å². The average molecular weight is 160 g/mol. The number of hydrogen-bond acceptors (Lipinski definition) is 4. The maximum atomic E-state index is 8.54. The Balaban J connectivity index is 0. The van der Waals surface area contributed by atoms with Crippen LogP contribution in [-0.4, -0.2) is 11.2 Å². The van der Waals surface area contributed by atoms with Gasteiger partial charge < -0.3 is 5.11 Å². The van der Waals surface area contributed by atoms with Gasteiger partial charge >= 0.3 is 25.4 Å². The molecule has 0 unspecified atom stereocenters. The number of aliphatic hydroxyl groups excluding tert-OH is 1. The molecule has 0 bridgehead atoms. The predicted molar refractivity (Wildman–Crippen MR) is 19.4 cm³/mol. The van der Waals surface area contributed by atoms with Crippen LogP contribution >= 0.6 is 0 Å². The van der Waals surface area contributed by atoms with E-state index in [-0.39, 0.29) is 6.10 Å². The molecule has 0 aliphatic carbocycles. The summed E-state index contributed by atoms with van der Waals surface area (Å²) in [4.78, 5) is 0. The van der Waals surface area contributed by atoms with E-state index in [2.05, 4.69) is 0 Å². The van der Waals surface area contributed by atoms with Gasteiger partial charge in [0.2, 0.25) is 0 Å². The summed E-state index contributed by atoms with van der Waals surface area (Å²) in [5.74, 6) is 0. The number of rotatable bonds is 0. The van der Waals surface area contributed by atoms with Crippen LogP contribution < -0.4 is 0 Å². The molecule has 8 heavy (non-hydrogen) atoms. The molecule has 0 aliphatic heterocycles. The van der Waals surface area contributed by atoms with Gasteiger partial charge in [-0.2, -0.15) is 0 Å². The van der Waals surface area contributed by atoms with E-state index in [9.17, 15) is 0 Å². The molecular formula is C3H8CrO4. The standard InChI is InChI=1S/C3H8O.Cr.3O/c1-3(2)4;;;;/h3-4H,1-2H3;;;;. The Morgan fingerprint density at radius 3 is 1.25 bits per heavy atom. The van der Waals surface area contributed by atoms with Crippen molar-refractivity contribution in [1.82, 2.24) is 0 Å². The fraction of sp³-hybridized carbons (Fsp3) is 1.00. The van der Waals surface area contributed by atoms with E-state index in [4.69, 9.17) is 16.5 Å². The summed E-state index contributed by atoms with van der Waals surface area (Å²) in [5, 5.41) is 8.06. The van der Waals surface area contributed by atoms with Crippen LogP contribution in [0.4, 0.5) is 0 Å². The second-order valence-corrected chi connectivity index (χ2v) is 1.94. The van der Waals surface area contributed by atoms with Crippen molar-refractivity contribution < 1.29 is 30.5 Å². The van der Waals surface area contributed by atoms with E-state index < -0.39 is 14.0 Å². The second-order valence-electron chi connectivity index (χ2n) is 1.30. The molecule has 0 spiro atoms. The van der Waals surface area contributed by atoms with Crippen LogP contribution in [0, 0.1) is 0 Å². The molecule has 0 fully saturated rings. The van der Waals surface area contributed by atoms with Gasteiger partial charge in [0, 0.05) is 6.10 Å². The molecule has 4 nitrogen and oxygen atoms in total. The van der Waals surface area contributed by atoms with Crippen molar-refractivity contribution in [3.63, 3.8) is 0 Å². The molecule has 0 amide bonds. The normalized spacial score (nSPS) is 7.50. The Morgan fingerprint density at radius 2 is 1.25 bits per heavy atom. The SMILES string of the molecule is CC(C)O.[O]=[Cr](=[O])=[O]. The molecule has 1 N–H and O–H groups in total. The van der Waals surface area contributed by atoms with Crippen molar-refractivity contribution in [3.05, 3.63) is 0 Å². The van der Waals surface area contributed by atoms with E-state index in [0.717, 1.165) is 0 Å². The minimum absolute atomic E-state index is 0.167. The van der Waals surface area contributed by atoms with E-state index in [1.807, 2.05) is 0 Å². The van der Waals surface area contributed by atoms with Gasteiger partial charge in [0.05, 0.1) is 0 Å². The summed E-state index contributed by atoms with van der Waals surface area (Å²) in [6, 6.07) is 0. The van der Waals surface area contributed by atoms with Crippen LogP contribution in [-0.2, 0) is 25.4 Å². The zero-order chi connectivity index (χ0) is 7.15. The van der Waals surface area contributed by atoms with Crippen molar-refractivity contribution in [2.24, 2.45) is 0 Å². The molecule has 0 radical (unpaired) electrons. The molecule has 0 aromatic rings. The van der Waals surface area contributed by atoms with E-state index in [0.29, 0.717) is 0 Å². The Morgan fingerprint density at radius 1 is 1.25 bits per heavy atom. The predicted octanol–water partition coefficient (Wildman–Crippen LogP) is 0.0282. The third-order valence-corrected chi connectivity index (χ3v) is 0. The van der Waals surface area contributed by atoms with Gasteiger partial charge in [-0.15, -0.1) is 0 Å². The Labute approximate surface area is 51.2 Å². The monoisotopic (exact) mass is 160 g/mol. The van der Waals surface area contributed by atoms with Gasteiger partial charge in [-0.1, -0.05) is 0 Å². The van der Waals surface area contributed by atoms with E-state index in [1.165, 1.54) is 0 Å². The van der Waals surface area contributed by atoms with Gasteiger partial charge in [0.15, 0.2) is 0 Å². The van der Waals surface area contributed by atoms with Gasteiger partial charge in [0.25, 0.3) is 0 Å². The first-order valence-corrected chi connectivity index (χ1v) is 3.47. The van der Waals surface area contributed by atoms with Gasteiger partial charge in [-0.05, 0) is 13.8 Å². The summed E-state index contributed by atoms with van der Waals surface area (Å²) in [6.07, 6.45) is -0.167. The fourth-order valence-electron chi connectivity index (χ4n) is 0. The zero-order valence-electron chi connectivity index (χ0n) is 4.66. The van der Waals surface area contributed by atoms with Crippen LogP contribution in [0.5, 0.6) is 0 Å². The Kier molecular flexibility index (Phi) is 9.30. The van der Waals surface area contributed by atoms with Crippen LogP contribution in [0.2, 0.25) is 0 Å². The molecule has 0 saturated heterocycles. The molecule has 0 saturated carbocycles. The van der Waals surface area contributed by atoms with Crippen LogP contribution in [0.25, 0.3) is 0 Å². The molecular weight excluding hydrogens is 152 g/mol.